The second-order valence-corrected chi connectivity index (χ2v) is 8.02. The molecule has 0 aliphatic heterocycles. The Kier molecular flexibility index (Phi) is 10.3. The summed E-state index contributed by atoms with van der Waals surface area (Å²) < 4.78 is 43.9. The fourth-order valence-corrected chi connectivity index (χ4v) is 3.77. The van der Waals surface area contributed by atoms with Crippen molar-refractivity contribution in [3.8, 4) is 5.75 Å². The second-order valence-electron chi connectivity index (χ2n) is 6.98. The highest BCUT2D eigenvalue weighted by molar-refractivity contribution is 8.13. The molecule has 0 saturated heterocycles. The molecule has 10 heteroatoms. The van der Waals surface area contributed by atoms with Gasteiger partial charge in [0.2, 0.25) is 0 Å². The summed E-state index contributed by atoms with van der Waals surface area (Å²) in [4.78, 5) is 20.4. The van der Waals surface area contributed by atoms with E-state index in [1.807, 2.05) is 0 Å². The molecule has 2 rings (SSSR count). The van der Waals surface area contributed by atoms with E-state index in [0.717, 1.165) is 19.3 Å². The Balaban J connectivity index is 2.13. The van der Waals surface area contributed by atoms with Crippen LogP contribution in [0.15, 0.2) is 41.5 Å². The van der Waals surface area contributed by atoms with Crippen LogP contribution >= 0.6 is 11.8 Å². The highest BCUT2D eigenvalue weighted by Crippen LogP contribution is 2.30. The van der Waals surface area contributed by atoms with Crippen LogP contribution in [0.1, 0.15) is 48.2 Å². The number of anilines is 1. The topological polar surface area (TPSA) is 89.6 Å². The molecule has 1 heterocycles. The number of carbonyl (C=O) groups excluding carboxylic acids is 1. The molecule has 1 atom stereocenters. The van der Waals surface area contributed by atoms with Gasteiger partial charge in [0.1, 0.15) is 23.9 Å². The molecule has 1 unspecified atom stereocenters. The monoisotopic (exact) mass is 468 g/mol. The van der Waals surface area contributed by atoms with Crippen molar-refractivity contribution in [3.05, 3.63) is 53.6 Å². The van der Waals surface area contributed by atoms with Crippen molar-refractivity contribution in [1.82, 2.24) is 4.98 Å². The molecule has 3 N–H and O–H groups in total. The van der Waals surface area contributed by atoms with Gasteiger partial charge in [0.05, 0.1) is 6.20 Å². The number of alkyl halides is 2. The minimum absolute atomic E-state index is 0.0743. The van der Waals surface area contributed by atoms with E-state index in [4.69, 9.17) is 10.5 Å². The third-order valence-corrected chi connectivity index (χ3v) is 5.64. The molecule has 0 aliphatic rings. The number of thioether (sulfide) groups is 1. The number of nitrogens with zero attached hydrogens (tertiary/aromatic N) is 2. The van der Waals surface area contributed by atoms with Crippen LogP contribution in [-0.4, -0.2) is 41.9 Å². The van der Waals surface area contributed by atoms with Crippen molar-refractivity contribution in [1.29, 1.82) is 0 Å². The molecule has 0 radical (unpaired) electrons. The van der Waals surface area contributed by atoms with Gasteiger partial charge in [-0.1, -0.05) is 31.5 Å². The molecule has 2 aromatic rings. The second kappa shape index (κ2) is 12.9. The Labute approximate surface area is 189 Å². The van der Waals surface area contributed by atoms with Gasteiger partial charge in [-0.3, -0.25) is 9.79 Å². The summed E-state index contributed by atoms with van der Waals surface area (Å²) in [6, 6.07) is 7.17. The predicted molar refractivity (Wildman–Crippen MR) is 122 cm³/mol. The van der Waals surface area contributed by atoms with E-state index in [-0.39, 0.29) is 23.2 Å². The maximum Gasteiger partial charge on any atom is 0.274 e. The fourth-order valence-electron chi connectivity index (χ4n) is 2.92. The van der Waals surface area contributed by atoms with Crippen LogP contribution in [0, 0.1) is 5.82 Å². The average Bonchev–Trinajstić information content (AvgIpc) is 2.79. The molecule has 0 saturated carbocycles. The quantitative estimate of drug-likeness (QED) is 0.355. The molecule has 32 heavy (non-hydrogen) atoms. The number of hydrogen-bond donors (Lipinski definition) is 2. The van der Waals surface area contributed by atoms with E-state index in [0.29, 0.717) is 22.2 Å². The Morgan fingerprint density at radius 3 is 2.72 bits per heavy atom. The van der Waals surface area contributed by atoms with Gasteiger partial charge in [-0.25, -0.2) is 18.2 Å². The largest absolute Gasteiger partial charge is 0.486 e. The molecule has 0 spiro atoms. The van der Waals surface area contributed by atoms with Gasteiger partial charge in [-0.2, -0.15) is 0 Å². The molecular formula is C22H27F3N4O2S. The zero-order chi connectivity index (χ0) is 23.5. The Morgan fingerprint density at radius 1 is 1.31 bits per heavy atom. The number of rotatable bonds is 11. The third kappa shape index (κ3) is 8.07. The van der Waals surface area contributed by atoms with Crippen LogP contribution in [0.5, 0.6) is 5.75 Å². The number of amidine groups is 1. The van der Waals surface area contributed by atoms with Crippen molar-refractivity contribution >= 4 is 28.5 Å². The van der Waals surface area contributed by atoms with Gasteiger partial charge >= 0.3 is 0 Å². The van der Waals surface area contributed by atoms with Gasteiger partial charge < -0.3 is 15.8 Å². The number of pyridine rings is 1. The average molecular weight is 469 g/mol. The Morgan fingerprint density at radius 2 is 2.09 bits per heavy atom. The molecule has 0 bridgehead atoms. The lowest BCUT2D eigenvalue weighted by atomic mass is 9.94. The number of nitrogens with two attached hydrogens (primary N) is 1. The van der Waals surface area contributed by atoms with Gasteiger partial charge in [-0.05, 0) is 48.2 Å². The van der Waals surface area contributed by atoms with Crippen molar-refractivity contribution < 1.29 is 22.7 Å². The maximum absolute atomic E-state index is 14.6. The minimum Gasteiger partial charge on any atom is -0.486 e. The van der Waals surface area contributed by atoms with Crippen molar-refractivity contribution in [2.75, 3.05) is 24.7 Å². The predicted octanol–water partition coefficient (Wildman–Crippen LogP) is 5.07. The van der Waals surface area contributed by atoms with Crippen LogP contribution in [0.4, 0.5) is 18.9 Å². The minimum atomic E-state index is -2.60. The smallest absolute Gasteiger partial charge is 0.274 e. The highest BCUT2D eigenvalue weighted by Gasteiger charge is 2.18. The number of nitrogens with one attached hydrogen (secondary N) is 1. The lowest BCUT2D eigenvalue weighted by Crippen LogP contribution is -2.15. The number of amides is 1. The summed E-state index contributed by atoms with van der Waals surface area (Å²) in [5, 5.41) is 3.13. The number of ether oxygens (including phenoxy) is 1. The summed E-state index contributed by atoms with van der Waals surface area (Å²) in [6.45, 7) is 1.31. The summed E-state index contributed by atoms with van der Waals surface area (Å²) in [5.74, 6) is -0.252. The zero-order valence-corrected chi connectivity index (χ0v) is 18.8. The van der Waals surface area contributed by atoms with Crippen LogP contribution in [-0.2, 0) is 0 Å². The van der Waals surface area contributed by atoms with Crippen LogP contribution < -0.4 is 15.8 Å². The molecular weight excluding hydrogens is 441 g/mol. The summed E-state index contributed by atoms with van der Waals surface area (Å²) >= 11 is 1.37. The first kappa shape index (κ1) is 25.5. The van der Waals surface area contributed by atoms with Gasteiger partial charge in [0.25, 0.3) is 12.3 Å². The number of carbonyl (C=O) groups is 1. The van der Waals surface area contributed by atoms with E-state index >= 15 is 0 Å². The molecule has 0 aliphatic carbocycles. The van der Waals surface area contributed by atoms with Crippen LogP contribution in [0.25, 0.3) is 0 Å². The number of hydrogen-bond acceptors (Lipinski definition) is 5. The Hall–Kier alpha value is -2.75. The standard InChI is InChI=1S/C22H27F3N4O2S/c1-3-4-5-14(13-32-22(26)27-2)17-10-15(6-8-18(17)23)29-21(30)19-9-7-16(11-28-19)31-12-20(24)25/h6-11,14,20H,3-5,12-13H2,1-2H3,(H2,26,27)(H,29,30). The molecule has 1 aromatic heterocycles. The summed E-state index contributed by atoms with van der Waals surface area (Å²) in [5.41, 5.74) is 6.78. The molecule has 1 aromatic carbocycles. The number of halogens is 3. The van der Waals surface area contributed by atoms with Gasteiger partial charge in [0, 0.05) is 18.5 Å². The fraction of sp³-hybridized carbons (Fsp3) is 0.409. The number of unbranched alkanes of at least 4 members (excludes halogenated alkanes) is 1. The lowest BCUT2D eigenvalue weighted by Gasteiger charge is -2.18. The number of aliphatic imine (C=N–C) groups is 1. The lowest BCUT2D eigenvalue weighted by molar-refractivity contribution is 0.0816. The van der Waals surface area contributed by atoms with E-state index in [1.165, 1.54) is 42.2 Å². The first-order valence-electron chi connectivity index (χ1n) is 10.2. The zero-order valence-electron chi connectivity index (χ0n) is 18.0. The first-order chi connectivity index (χ1) is 15.3. The van der Waals surface area contributed by atoms with E-state index in [9.17, 15) is 18.0 Å². The van der Waals surface area contributed by atoms with Gasteiger partial charge in [-0.15, -0.1) is 0 Å². The molecule has 0 fully saturated rings. The van der Waals surface area contributed by atoms with E-state index in [2.05, 4.69) is 22.2 Å². The number of aromatic nitrogens is 1. The van der Waals surface area contributed by atoms with E-state index < -0.39 is 18.9 Å². The molecule has 174 valence electrons. The maximum atomic E-state index is 14.6. The Bertz CT molecular complexity index is 911. The third-order valence-electron chi connectivity index (χ3n) is 4.60. The SMILES string of the molecule is CCCCC(CSC(N)=NC)c1cc(NC(=O)c2ccc(OCC(F)F)cn2)ccc1F. The van der Waals surface area contributed by atoms with Crippen LogP contribution in [0.2, 0.25) is 0 Å². The first-order valence-corrected chi connectivity index (χ1v) is 11.1. The van der Waals surface area contributed by atoms with Crippen LogP contribution in [0.3, 0.4) is 0 Å². The molecule has 1 amide bonds. The normalized spacial score (nSPS) is 12.6. The summed E-state index contributed by atoms with van der Waals surface area (Å²) in [7, 11) is 1.60. The van der Waals surface area contributed by atoms with Gasteiger partial charge in [0.15, 0.2) is 5.17 Å². The molecule has 6 nitrogen and oxygen atoms in total. The number of benzene rings is 1. The summed E-state index contributed by atoms with van der Waals surface area (Å²) in [6.07, 6.45) is 1.27. The highest BCUT2D eigenvalue weighted by atomic mass is 32.2. The van der Waals surface area contributed by atoms with Crippen molar-refractivity contribution in [3.63, 3.8) is 0 Å². The van der Waals surface area contributed by atoms with Crippen molar-refractivity contribution in [2.24, 2.45) is 10.7 Å². The van der Waals surface area contributed by atoms with E-state index in [1.54, 1.807) is 13.1 Å². The van der Waals surface area contributed by atoms with Crippen molar-refractivity contribution in [2.45, 2.75) is 38.5 Å².